The number of hydrogen-bond acceptors (Lipinski definition) is 6. The number of carbonyl (C=O) groups is 2. The molecule has 1 saturated heterocycles. The van der Waals surface area contributed by atoms with Crippen LogP contribution in [-0.4, -0.2) is 60.0 Å². The molecule has 1 aliphatic rings. The second-order valence-corrected chi connectivity index (χ2v) is 11.6. The van der Waals surface area contributed by atoms with E-state index in [-0.39, 0.29) is 18.0 Å². The normalized spacial score (nSPS) is 17.1. The quantitative estimate of drug-likeness (QED) is 0.170. The minimum atomic E-state index is -1.13. The second kappa shape index (κ2) is 12.3. The van der Waals surface area contributed by atoms with Gasteiger partial charge in [0.2, 0.25) is 0 Å². The highest BCUT2D eigenvalue weighted by molar-refractivity contribution is 5.72. The lowest BCUT2D eigenvalue weighted by Crippen LogP contribution is -2.53. The van der Waals surface area contributed by atoms with Gasteiger partial charge in [-0.05, 0) is 35.8 Å². The van der Waals surface area contributed by atoms with Gasteiger partial charge in [0.1, 0.15) is 24.0 Å². The van der Waals surface area contributed by atoms with Crippen molar-refractivity contribution in [3.63, 3.8) is 0 Å². The van der Waals surface area contributed by atoms with Crippen LogP contribution in [0.1, 0.15) is 64.3 Å². The molecule has 10 heteroatoms. The van der Waals surface area contributed by atoms with Crippen molar-refractivity contribution >= 4 is 12.4 Å². The van der Waals surface area contributed by atoms with Crippen LogP contribution in [0.2, 0.25) is 0 Å². The Morgan fingerprint density at radius 1 is 0.929 bits per heavy atom. The number of amides is 1. The third-order valence-electron chi connectivity index (χ3n) is 8.04. The summed E-state index contributed by atoms with van der Waals surface area (Å²) in [4.78, 5) is 39.9. The van der Waals surface area contributed by atoms with Gasteiger partial charge in [-0.25, -0.2) is 24.8 Å². The summed E-state index contributed by atoms with van der Waals surface area (Å²) in [5.74, 6) is 1.64. The molecule has 1 aliphatic heterocycles. The topological polar surface area (TPSA) is 144 Å². The molecule has 5 rings (SSSR count). The Kier molecular flexibility index (Phi) is 8.56. The number of rotatable bonds is 10. The molecule has 1 fully saturated rings. The molecule has 0 saturated carbocycles. The fourth-order valence-electron chi connectivity index (χ4n) is 5.49. The predicted octanol–water partition coefficient (Wildman–Crippen LogP) is 6.05. The van der Waals surface area contributed by atoms with Gasteiger partial charge in [0.25, 0.3) is 0 Å². The molecule has 4 aromatic rings. The molecule has 1 amide bonds. The van der Waals surface area contributed by atoms with Crippen molar-refractivity contribution in [3.05, 3.63) is 72.6 Å². The number of nitrogens with one attached hydrogen (secondary N) is 2. The molecule has 0 spiro atoms. The monoisotopic (exact) mass is 569 g/mol. The Morgan fingerprint density at radius 3 is 2.00 bits per heavy atom. The Bertz CT molecular complexity index is 1510. The maximum Gasteiger partial charge on any atom is 0.422 e. The van der Waals surface area contributed by atoms with Gasteiger partial charge in [-0.3, -0.25) is 0 Å². The SMILES string of the molecule is CC(C)C(C=O)N(C(=O)O)N1CCC[C@H]1c1nc(-c2ccc(-c3ccc(-c4c[nH]c([C@@H](N)C(C)C)n4)cc3)cc2)c[nH]1. The van der Waals surface area contributed by atoms with Gasteiger partial charge < -0.3 is 25.6 Å². The van der Waals surface area contributed by atoms with E-state index in [1.54, 1.807) is 5.01 Å². The van der Waals surface area contributed by atoms with E-state index in [4.69, 9.17) is 10.7 Å². The fraction of sp³-hybridized carbons (Fsp3) is 0.375. The molecular formula is C32H39N7O3. The van der Waals surface area contributed by atoms with Crippen molar-refractivity contribution in [2.24, 2.45) is 17.6 Å². The minimum absolute atomic E-state index is 0.127. The van der Waals surface area contributed by atoms with Gasteiger partial charge in [-0.2, -0.15) is 0 Å². The molecule has 5 N–H and O–H groups in total. The smallest absolute Gasteiger partial charge is 0.422 e. The number of aromatic amines is 2. The lowest BCUT2D eigenvalue weighted by atomic mass is 10.0. The Balaban J connectivity index is 1.30. The first-order valence-electron chi connectivity index (χ1n) is 14.5. The van der Waals surface area contributed by atoms with Crippen LogP contribution in [0, 0.1) is 11.8 Å². The maximum absolute atomic E-state index is 12.2. The van der Waals surface area contributed by atoms with E-state index in [0.29, 0.717) is 24.6 Å². The van der Waals surface area contributed by atoms with Gasteiger partial charge in [0, 0.05) is 30.1 Å². The van der Waals surface area contributed by atoms with Gasteiger partial charge in [-0.15, -0.1) is 0 Å². The number of imidazole rings is 2. The zero-order valence-corrected chi connectivity index (χ0v) is 24.5. The highest BCUT2D eigenvalue weighted by Gasteiger charge is 2.39. The predicted molar refractivity (Wildman–Crippen MR) is 162 cm³/mol. The van der Waals surface area contributed by atoms with Gasteiger partial charge in [0.05, 0.1) is 23.5 Å². The summed E-state index contributed by atoms with van der Waals surface area (Å²) in [6.45, 7) is 8.40. The van der Waals surface area contributed by atoms with Gasteiger partial charge in [-0.1, -0.05) is 76.2 Å². The number of H-pyrrole nitrogens is 2. The summed E-state index contributed by atoms with van der Waals surface area (Å²) >= 11 is 0. The number of benzene rings is 2. The molecule has 0 radical (unpaired) electrons. The van der Waals surface area contributed by atoms with Crippen LogP contribution in [0.5, 0.6) is 0 Å². The summed E-state index contributed by atoms with van der Waals surface area (Å²) in [7, 11) is 0. The van der Waals surface area contributed by atoms with E-state index in [2.05, 4.69) is 65.2 Å². The third kappa shape index (κ3) is 5.86. The third-order valence-corrected chi connectivity index (χ3v) is 8.04. The first kappa shape index (κ1) is 29.2. The summed E-state index contributed by atoms with van der Waals surface area (Å²) in [6, 6.07) is 15.4. The number of hydrazine groups is 1. The standard InChI is InChI=1S/C32H39N7O3/c1-19(2)28(18-40)39(32(41)42)38-15-5-6-27(38)30-34-16-25(36-30)23-11-7-21(8-12-23)22-9-13-24(14-10-22)26-17-35-31(37-26)29(33)20(3)4/h7-14,16-20,27-29H,5-6,15,33H2,1-4H3,(H,34,36)(H,35,37)(H,41,42)/t27-,28?,29-/m0/s1. The van der Waals surface area contributed by atoms with E-state index in [1.807, 2.05) is 38.4 Å². The average molecular weight is 570 g/mol. The summed E-state index contributed by atoms with van der Waals surface area (Å²) in [6.07, 6.45) is 4.90. The van der Waals surface area contributed by atoms with Crippen molar-refractivity contribution in [2.45, 2.75) is 58.7 Å². The van der Waals surface area contributed by atoms with Crippen LogP contribution in [0.25, 0.3) is 33.6 Å². The summed E-state index contributed by atoms with van der Waals surface area (Å²) in [5, 5.41) is 12.9. The van der Waals surface area contributed by atoms with Crippen molar-refractivity contribution in [1.29, 1.82) is 0 Å². The van der Waals surface area contributed by atoms with Crippen LogP contribution < -0.4 is 5.73 Å². The molecule has 220 valence electrons. The second-order valence-electron chi connectivity index (χ2n) is 11.6. The molecule has 42 heavy (non-hydrogen) atoms. The molecule has 0 bridgehead atoms. The number of aromatic nitrogens is 4. The number of carbonyl (C=O) groups excluding carboxylic acids is 1. The van der Waals surface area contributed by atoms with Crippen LogP contribution in [0.4, 0.5) is 4.79 Å². The number of nitrogens with zero attached hydrogens (tertiary/aromatic N) is 4. The van der Waals surface area contributed by atoms with E-state index in [0.717, 1.165) is 52.3 Å². The average Bonchev–Trinajstić information content (AvgIpc) is 3.76. The van der Waals surface area contributed by atoms with E-state index < -0.39 is 12.1 Å². The van der Waals surface area contributed by atoms with Crippen LogP contribution >= 0.6 is 0 Å². The van der Waals surface area contributed by atoms with Crippen molar-refractivity contribution in [3.8, 4) is 33.6 Å². The lowest BCUT2D eigenvalue weighted by molar-refractivity contribution is -0.123. The first-order chi connectivity index (χ1) is 20.2. The van der Waals surface area contributed by atoms with Gasteiger partial charge >= 0.3 is 6.09 Å². The molecule has 2 aromatic carbocycles. The van der Waals surface area contributed by atoms with Crippen molar-refractivity contribution in [2.75, 3.05) is 6.54 Å². The lowest BCUT2D eigenvalue weighted by Gasteiger charge is -2.38. The van der Waals surface area contributed by atoms with Crippen LogP contribution in [0.15, 0.2) is 60.9 Å². The summed E-state index contributed by atoms with van der Waals surface area (Å²) < 4.78 is 0. The number of hydrogen-bond donors (Lipinski definition) is 4. The highest BCUT2D eigenvalue weighted by Crippen LogP contribution is 2.35. The van der Waals surface area contributed by atoms with Crippen molar-refractivity contribution < 1.29 is 14.7 Å². The molecule has 2 aromatic heterocycles. The van der Waals surface area contributed by atoms with E-state index in [9.17, 15) is 14.7 Å². The van der Waals surface area contributed by atoms with Crippen LogP contribution in [0.3, 0.4) is 0 Å². The van der Waals surface area contributed by atoms with E-state index in [1.165, 1.54) is 5.01 Å². The van der Waals surface area contributed by atoms with Crippen molar-refractivity contribution in [1.82, 2.24) is 30.0 Å². The number of aldehydes is 1. The molecule has 0 aliphatic carbocycles. The molecule has 3 atom stereocenters. The van der Waals surface area contributed by atoms with Gasteiger partial charge in [0.15, 0.2) is 0 Å². The molecule has 10 nitrogen and oxygen atoms in total. The van der Waals surface area contributed by atoms with Crippen LogP contribution in [-0.2, 0) is 4.79 Å². The number of nitrogens with two attached hydrogens (primary N) is 1. The van der Waals surface area contributed by atoms with E-state index >= 15 is 0 Å². The Hall–Kier alpha value is -4.28. The molecule has 1 unspecified atom stereocenters. The summed E-state index contributed by atoms with van der Waals surface area (Å²) in [5.41, 5.74) is 12.0. The maximum atomic E-state index is 12.2. The number of carboxylic acid groups (broad SMARTS) is 1. The molecule has 3 heterocycles. The fourth-order valence-corrected chi connectivity index (χ4v) is 5.49. The first-order valence-corrected chi connectivity index (χ1v) is 14.5. The minimum Gasteiger partial charge on any atom is -0.464 e. The Labute approximate surface area is 246 Å². The Morgan fingerprint density at radius 2 is 1.48 bits per heavy atom. The largest absolute Gasteiger partial charge is 0.464 e. The highest BCUT2D eigenvalue weighted by atomic mass is 16.4. The zero-order chi connectivity index (χ0) is 30.0. The molecular weight excluding hydrogens is 530 g/mol. The zero-order valence-electron chi connectivity index (χ0n) is 24.5.